The second-order valence-corrected chi connectivity index (χ2v) is 4.47. The van der Waals surface area contributed by atoms with Crippen molar-refractivity contribution in [3.8, 4) is 0 Å². The number of nitrogens with zero attached hydrogens (tertiary/aromatic N) is 1. The number of ether oxygens (including phenoxy) is 1. The predicted molar refractivity (Wildman–Crippen MR) is 57.6 cm³/mol. The zero-order valence-electron chi connectivity index (χ0n) is 9.37. The van der Waals surface area contributed by atoms with E-state index in [4.69, 9.17) is 4.74 Å². The maximum atomic E-state index is 11.4. The normalized spacial score (nSPS) is 32.9. The van der Waals surface area contributed by atoms with Gasteiger partial charge in [0.05, 0.1) is 13.0 Å². The Morgan fingerprint density at radius 1 is 1.33 bits per heavy atom. The van der Waals surface area contributed by atoms with Gasteiger partial charge in [-0.15, -0.1) is 0 Å². The number of hydrogen-bond donors (Lipinski definition) is 1. The topological polar surface area (TPSA) is 41.6 Å². The van der Waals surface area contributed by atoms with Crippen LogP contribution in [0.4, 0.5) is 0 Å². The molecule has 2 fully saturated rings. The van der Waals surface area contributed by atoms with Crippen LogP contribution < -0.4 is 5.32 Å². The van der Waals surface area contributed by atoms with Gasteiger partial charge in [0.2, 0.25) is 0 Å². The minimum absolute atomic E-state index is 0.0207. The third-order valence-corrected chi connectivity index (χ3v) is 3.61. The quantitative estimate of drug-likeness (QED) is 0.665. The van der Waals surface area contributed by atoms with Crippen molar-refractivity contribution in [1.82, 2.24) is 10.2 Å². The summed E-state index contributed by atoms with van der Waals surface area (Å²) in [6.07, 6.45) is 3.15. The summed E-state index contributed by atoms with van der Waals surface area (Å²) in [6, 6.07) is 0.608. The van der Waals surface area contributed by atoms with Crippen LogP contribution in [0.3, 0.4) is 0 Å². The van der Waals surface area contributed by atoms with Gasteiger partial charge in [-0.05, 0) is 19.3 Å². The minimum Gasteiger partial charge on any atom is -0.469 e. The van der Waals surface area contributed by atoms with E-state index in [1.165, 1.54) is 7.11 Å². The molecule has 1 aliphatic carbocycles. The van der Waals surface area contributed by atoms with E-state index < -0.39 is 0 Å². The fourth-order valence-corrected chi connectivity index (χ4v) is 2.72. The number of nitrogens with one attached hydrogen (secondary N) is 1. The van der Waals surface area contributed by atoms with Crippen molar-refractivity contribution < 1.29 is 9.53 Å². The van der Waals surface area contributed by atoms with Gasteiger partial charge < -0.3 is 10.1 Å². The SMILES string of the molecule is COC(=O)C1CCC(N2CCNCC2)C1. The van der Waals surface area contributed by atoms with Gasteiger partial charge >= 0.3 is 5.97 Å². The average Bonchev–Trinajstić information content (AvgIpc) is 2.78. The van der Waals surface area contributed by atoms with E-state index in [-0.39, 0.29) is 11.9 Å². The number of methoxy groups -OCH3 is 1. The number of rotatable bonds is 2. The monoisotopic (exact) mass is 212 g/mol. The van der Waals surface area contributed by atoms with Crippen LogP contribution in [0.2, 0.25) is 0 Å². The van der Waals surface area contributed by atoms with Crippen LogP contribution in [0.25, 0.3) is 0 Å². The largest absolute Gasteiger partial charge is 0.469 e. The van der Waals surface area contributed by atoms with E-state index in [1.807, 2.05) is 0 Å². The number of piperazine rings is 1. The van der Waals surface area contributed by atoms with Gasteiger partial charge in [0.15, 0.2) is 0 Å². The molecule has 1 saturated heterocycles. The maximum Gasteiger partial charge on any atom is 0.308 e. The van der Waals surface area contributed by atoms with Gasteiger partial charge in [-0.25, -0.2) is 0 Å². The lowest BCUT2D eigenvalue weighted by Gasteiger charge is -2.32. The molecule has 4 nitrogen and oxygen atoms in total. The average molecular weight is 212 g/mol. The first-order valence-corrected chi connectivity index (χ1v) is 5.84. The highest BCUT2D eigenvalue weighted by Crippen LogP contribution is 2.30. The van der Waals surface area contributed by atoms with E-state index >= 15 is 0 Å². The van der Waals surface area contributed by atoms with Crippen molar-refractivity contribution in [1.29, 1.82) is 0 Å². The third kappa shape index (κ3) is 2.49. The lowest BCUT2D eigenvalue weighted by atomic mass is 10.1. The summed E-state index contributed by atoms with van der Waals surface area (Å²) in [5, 5.41) is 3.35. The molecule has 0 aromatic carbocycles. The Labute approximate surface area is 91.0 Å². The summed E-state index contributed by atoms with van der Waals surface area (Å²) in [7, 11) is 1.49. The summed E-state index contributed by atoms with van der Waals surface area (Å²) in [4.78, 5) is 13.9. The Bertz CT molecular complexity index is 227. The first-order chi connectivity index (χ1) is 7.31. The van der Waals surface area contributed by atoms with Crippen LogP contribution in [0.1, 0.15) is 19.3 Å². The molecule has 0 bridgehead atoms. The molecule has 0 aromatic rings. The van der Waals surface area contributed by atoms with Crippen molar-refractivity contribution in [2.75, 3.05) is 33.3 Å². The summed E-state index contributed by atoms with van der Waals surface area (Å²) in [6.45, 7) is 4.41. The molecule has 2 rings (SSSR count). The van der Waals surface area contributed by atoms with Crippen molar-refractivity contribution in [3.63, 3.8) is 0 Å². The molecule has 2 aliphatic rings. The molecule has 2 atom stereocenters. The van der Waals surface area contributed by atoms with Gasteiger partial charge in [0, 0.05) is 32.2 Å². The molecule has 15 heavy (non-hydrogen) atoms. The molecule has 0 spiro atoms. The fourth-order valence-electron chi connectivity index (χ4n) is 2.72. The minimum atomic E-state index is -0.0207. The van der Waals surface area contributed by atoms with Gasteiger partial charge in [-0.2, -0.15) is 0 Å². The Kier molecular flexibility index (Phi) is 3.59. The first-order valence-electron chi connectivity index (χ1n) is 5.84. The van der Waals surface area contributed by atoms with E-state index in [0.717, 1.165) is 45.4 Å². The molecule has 86 valence electrons. The Morgan fingerprint density at radius 2 is 2.07 bits per heavy atom. The van der Waals surface area contributed by atoms with Gasteiger partial charge in [-0.1, -0.05) is 0 Å². The Balaban J connectivity index is 1.83. The fraction of sp³-hybridized carbons (Fsp3) is 0.909. The smallest absolute Gasteiger partial charge is 0.308 e. The summed E-state index contributed by atoms with van der Waals surface area (Å²) in [5.41, 5.74) is 0. The number of carbonyl (C=O) groups excluding carboxylic acids is 1. The van der Waals surface area contributed by atoms with E-state index in [0.29, 0.717) is 6.04 Å². The lowest BCUT2D eigenvalue weighted by Crippen LogP contribution is -2.47. The Hall–Kier alpha value is -0.610. The molecule has 0 radical (unpaired) electrons. The zero-order chi connectivity index (χ0) is 10.7. The van der Waals surface area contributed by atoms with Gasteiger partial charge in [-0.3, -0.25) is 9.69 Å². The van der Waals surface area contributed by atoms with Gasteiger partial charge in [0.25, 0.3) is 0 Å². The molecule has 1 N–H and O–H groups in total. The van der Waals surface area contributed by atoms with E-state index in [9.17, 15) is 4.79 Å². The number of esters is 1. The van der Waals surface area contributed by atoms with Crippen LogP contribution in [-0.2, 0) is 9.53 Å². The van der Waals surface area contributed by atoms with Crippen molar-refractivity contribution >= 4 is 5.97 Å². The second-order valence-electron chi connectivity index (χ2n) is 4.47. The molecule has 0 aromatic heterocycles. The Morgan fingerprint density at radius 3 is 2.73 bits per heavy atom. The zero-order valence-corrected chi connectivity index (χ0v) is 9.37. The molecule has 1 saturated carbocycles. The van der Waals surface area contributed by atoms with Crippen LogP contribution in [0.5, 0.6) is 0 Å². The molecule has 0 amide bonds. The first kappa shape index (κ1) is 10.9. The van der Waals surface area contributed by atoms with Crippen LogP contribution in [-0.4, -0.2) is 50.2 Å². The summed E-state index contributed by atoms with van der Waals surface area (Å²) in [5.74, 6) is 0.127. The van der Waals surface area contributed by atoms with Crippen LogP contribution >= 0.6 is 0 Å². The highest BCUT2D eigenvalue weighted by molar-refractivity contribution is 5.72. The molecular formula is C11H20N2O2. The standard InChI is InChI=1S/C11H20N2O2/c1-15-11(14)9-2-3-10(8-9)13-6-4-12-5-7-13/h9-10,12H,2-8H2,1H3. The van der Waals surface area contributed by atoms with Crippen molar-refractivity contribution in [3.05, 3.63) is 0 Å². The van der Waals surface area contributed by atoms with E-state index in [1.54, 1.807) is 0 Å². The van der Waals surface area contributed by atoms with E-state index in [2.05, 4.69) is 10.2 Å². The molecule has 2 unspecified atom stereocenters. The number of carbonyl (C=O) groups is 1. The lowest BCUT2D eigenvalue weighted by molar-refractivity contribution is -0.145. The van der Waals surface area contributed by atoms with Crippen molar-refractivity contribution in [2.45, 2.75) is 25.3 Å². The summed E-state index contributed by atoms with van der Waals surface area (Å²) < 4.78 is 4.80. The van der Waals surface area contributed by atoms with Gasteiger partial charge in [0.1, 0.15) is 0 Å². The van der Waals surface area contributed by atoms with Crippen LogP contribution in [0, 0.1) is 5.92 Å². The summed E-state index contributed by atoms with van der Waals surface area (Å²) >= 11 is 0. The third-order valence-electron chi connectivity index (χ3n) is 3.61. The molecule has 1 heterocycles. The molecule has 1 aliphatic heterocycles. The molecular weight excluding hydrogens is 192 g/mol. The highest BCUT2D eigenvalue weighted by Gasteiger charge is 2.33. The van der Waals surface area contributed by atoms with Crippen LogP contribution in [0.15, 0.2) is 0 Å². The maximum absolute atomic E-state index is 11.4. The highest BCUT2D eigenvalue weighted by atomic mass is 16.5. The van der Waals surface area contributed by atoms with Crippen molar-refractivity contribution in [2.24, 2.45) is 5.92 Å². The predicted octanol–water partition coefficient (Wildman–Crippen LogP) is 0.233. The molecule has 4 heteroatoms. The number of hydrogen-bond acceptors (Lipinski definition) is 4. The second kappa shape index (κ2) is 4.94.